The van der Waals surface area contributed by atoms with Crippen molar-refractivity contribution in [3.63, 3.8) is 0 Å². The zero-order valence-corrected chi connectivity index (χ0v) is 9.99. The van der Waals surface area contributed by atoms with Crippen molar-refractivity contribution in [3.8, 4) is 0 Å². The van der Waals surface area contributed by atoms with Crippen LogP contribution in [0.25, 0.3) is 0 Å². The number of aryl methyl sites for hydroxylation is 1. The molecule has 1 saturated heterocycles. The number of carbonyl (C=O) groups excluding carboxylic acids is 1. The molecule has 6 heteroatoms. The molecule has 1 N–H and O–H groups in total. The van der Waals surface area contributed by atoms with Crippen LogP contribution in [0.15, 0.2) is 12.4 Å². The number of likely N-dealkylation sites (tertiary alicyclic amines) is 1. The van der Waals surface area contributed by atoms with E-state index < -0.39 is 0 Å². The maximum Gasteiger partial charge on any atom is 0.224 e. The Hall–Kier alpha value is -1.43. The smallest absolute Gasteiger partial charge is 0.224 e. The highest BCUT2D eigenvalue weighted by Gasteiger charge is 2.33. The molecule has 17 heavy (non-hydrogen) atoms. The SMILES string of the molecule is CC1CCN(C(=O)CCn2ccnn2)C1CO. The summed E-state index contributed by atoms with van der Waals surface area (Å²) in [6.07, 6.45) is 4.72. The highest BCUT2D eigenvalue weighted by molar-refractivity contribution is 5.76. The topological polar surface area (TPSA) is 71.2 Å². The molecule has 1 fully saturated rings. The molecule has 0 aromatic carbocycles. The molecule has 6 nitrogen and oxygen atoms in total. The standard InChI is InChI=1S/C11H18N4O2/c1-9-2-6-15(10(9)8-16)11(17)3-5-14-7-4-12-13-14/h4,7,9-10,16H,2-3,5-6,8H2,1H3. The summed E-state index contributed by atoms with van der Waals surface area (Å²) in [6, 6.07) is -0.0155. The van der Waals surface area contributed by atoms with Crippen LogP contribution in [-0.4, -0.2) is 50.1 Å². The van der Waals surface area contributed by atoms with Gasteiger partial charge in [0.05, 0.1) is 25.4 Å². The number of carbonyl (C=O) groups is 1. The number of aliphatic hydroxyl groups excluding tert-OH is 1. The average molecular weight is 238 g/mol. The molecular formula is C11H18N4O2. The third-order valence-electron chi connectivity index (χ3n) is 3.42. The van der Waals surface area contributed by atoms with Gasteiger partial charge in [0.25, 0.3) is 0 Å². The number of aliphatic hydroxyl groups is 1. The van der Waals surface area contributed by atoms with Crippen LogP contribution in [0.1, 0.15) is 19.8 Å². The van der Waals surface area contributed by atoms with Crippen LogP contribution >= 0.6 is 0 Å². The summed E-state index contributed by atoms with van der Waals surface area (Å²) in [7, 11) is 0. The molecule has 1 amide bonds. The highest BCUT2D eigenvalue weighted by atomic mass is 16.3. The van der Waals surface area contributed by atoms with E-state index >= 15 is 0 Å². The molecule has 0 bridgehead atoms. The van der Waals surface area contributed by atoms with Crippen LogP contribution < -0.4 is 0 Å². The van der Waals surface area contributed by atoms with E-state index in [1.165, 1.54) is 0 Å². The van der Waals surface area contributed by atoms with Crippen LogP contribution in [-0.2, 0) is 11.3 Å². The Labute approximate surface area is 100 Å². The maximum atomic E-state index is 12.0. The second-order valence-electron chi connectivity index (χ2n) is 4.52. The van der Waals surface area contributed by atoms with E-state index in [2.05, 4.69) is 17.2 Å². The van der Waals surface area contributed by atoms with E-state index in [1.54, 1.807) is 22.0 Å². The first-order valence-corrected chi connectivity index (χ1v) is 5.97. The first-order valence-electron chi connectivity index (χ1n) is 5.97. The third kappa shape index (κ3) is 2.63. The average Bonchev–Trinajstić information content (AvgIpc) is 2.94. The van der Waals surface area contributed by atoms with Crippen LogP contribution in [0.5, 0.6) is 0 Å². The summed E-state index contributed by atoms with van der Waals surface area (Å²) in [5.41, 5.74) is 0. The summed E-state index contributed by atoms with van der Waals surface area (Å²) >= 11 is 0. The molecule has 2 rings (SSSR count). The molecule has 0 radical (unpaired) electrons. The molecule has 2 atom stereocenters. The number of amides is 1. The molecule has 1 aliphatic rings. The van der Waals surface area contributed by atoms with Crippen molar-refractivity contribution in [3.05, 3.63) is 12.4 Å². The monoisotopic (exact) mass is 238 g/mol. The number of rotatable bonds is 4. The number of aromatic nitrogens is 3. The third-order valence-corrected chi connectivity index (χ3v) is 3.42. The van der Waals surface area contributed by atoms with Gasteiger partial charge in [-0.05, 0) is 12.3 Å². The summed E-state index contributed by atoms with van der Waals surface area (Å²) in [5.74, 6) is 0.472. The quantitative estimate of drug-likeness (QED) is 0.795. The molecular weight excluding hydrogens is 220 g/mol. The second kappa shape index (κ2) is 5.27. The van der Waals surface area contributed by atoms with Crippen LogP contribution in [0.3, 0.4) is 0 Å². The van der Waals surface area contributed by atoms with Crippen molar-refractivity contribution in [2.45, 2.75) is 32.4 Å². The molecule has 2 unspecified atom stereocenters. The Bertz CT molecular complexity index is 366. The van der Waals surface area contributed by atoms with Crippen molar-refractivity contribution < 1.29 is 9.90 Å². The maximum absolute atomic E-state index is 12.0. The lowest BCUT2D eigenvalue weighted by molar-refractivity contribution is -0.133. The summed E-state index contributed by atoms with van der Waals surface area (Å²) in [4.78, 5) is 13.8. The fourth-order valence-corrected chi connectivity index (χ4v) is 2.30. The predicted octanol–water partition coefficient (Wildman–Crippen LogP) is -0.103. The Balaban J connectivity index is 1.87. The van der Waals surface area contributed by atoms with E-state index in [1.807, 2.05) is 0 Å². The lowest BCUT2D eigenvalue weighted by Gasteiger charge is -2.25. The van der Waals surface area contributed by atoms with Crippen molar-refractivity contribution in [2.24, 2.45) is 5.92 Å². The van der Waals surface area contributed by atoms with E-state index in [0.29, 0.717) is 18.9 Å². The Morgan fingerprint density at radius 1 is 1.59 bits per heavy atom. The molecule has 94 valence electrons. The lowest BCUT2D eigenvalue weighted by Crippen LogP contribution is -2.40. The van der Waals surface area contributed by atoms with Crippen molar-refractivity contribution >= 4 is 5.91 Å². The largest absolute Gasteiger partial charge is 0.394 e. The van der Waals surface area contributed by atoms with Gasteiger partial charge in [0.2, 0.25) is 5.91 Å². The van der Waals surface area contributed by atoms with Crippen molar-refractivity contribution in [2.75, 3.05) is 13.2 Å². The van der Waals surface area contributed by atoms with Gasteiger partial charge in [0, 0.05) is 19.2 Å². The predicted molar refractivity (Wildman–Crippen MR) is 61.0 cm³/mol. The van der Waals surface area contributed by atoms with Crippen molar-refractivity contribution in [1.82, 2.24) is 19.9 Å². The minimum Gasteiger partial charge on any atom is -0.394 e. The van der Waals surface area contributed by atoms with Crippen LogP contribution in [0.4, 0.5) is 0 Å². The van der Waals surface area contributed by atoms with E-state index in [9.17, 15) is 9.90 Å². The lowest BCUT2D eigenvalue weighted by atomic mass is 10.0. The van der Waals surface area contributed by atoms with Gasteiger partial charge in [-0.25, -0.2) is 0 Å². The number of hydrogen-bond donors (Lipinski definition) is 1. The van der Waals surface area contributed by atoms with Gasteiger partial charge in [-0.1, -0.05) is 12.1 Å². The first-order chi connectivity index (χ1) is 8.22. The normalized spacial score (nSPS) is 24.2. The van der Waals surface area contributed by atoms with Gasteiger partial charge in [0.15, 0.2) is 0 Å². The number of nitrogens with zero attached hydrogens (tertiary/aromatic N) is 4. The second-order valence-corrected chi connectivity index (χ2v) is 4.52. The Morgan fingerprint density at radius 2 is 2.41 bits per heavy atom. The molecule has 2 heterocycles. The van der Waals surface area contributed by atoms with Gasteiger partial charge in [-0.15, -0.1) is 5.10 Å². The molecule has 1 aromatic heterocycles. The van der Waals surface area contributed by atoms with E-state index in [4.69, 9.17) is 0 Å². The molecule has 0 aliphatic carbocycles. The van der Waals surface area contributed by atoms with Crippen LogP contribution in [0, 0.1) is 5.92 Å². The van der Waals surface area contributed by atoms with E-state index in [0.717, 1.165) is 13.0 Å². The van der Waals surface area contributed by atoms with Crippen molar-refractivity contribution in [1.29, 1.82) is 0 Å². The molecule has 1 aromatic rings. The fraction of sp³-hybridized carbons (Fsp3) is 0.727. The van der Waals surface area contributed by atoms with Gasteiger partial charge in [0.1, 0.15) is 0 Å². The number of hydrogen-bond acceptors (Lipinski definition) is 4. The van der Waals surface area contributed by atoms with Gasteiger partial charge < -0.3 is 10.0 Å². The summed E-state index contributed by atoms with van der Waals surface area (Å²) < 4.78 is 1.64. The fourth-order valence-electron chi connectivity index (χ4n) is 2.30. The van der Waals surface area contributed by atoms with Crippen LogP contribution in [0.2, 0.25) is 0 Å². The highest BCUT2D eigenvalue weighted by Crippen LogP contribution is 2.24. The van der Waals surface area contributed by atoms with Gasteiger partial charge >= 0.3 is 0 Å². The Morgan fingerprint density at radius 3 is 3.06 bits per heavy atom. The van der Waals surface area contributed by atoms with E-state index in [-0.39, 0.29) is 18.6 Å². The first kappa shape index (κ1) is 12.0. The zero-order chi connectivity index (χ0) is 12.3. The molecule has 0 saturated carbocycles. The minimum absolute atomic E-state index is 0.0155. The summed E-state index contributed by atoms with van der Waals surface area (Å²) in [6.45, 7) is 3.42. The Kier molecular flexibility index (Phi) is 3.73. The van der Waals surface area contributed by atoms with Gasteiger partial charge in [-0.3, -0.25) is 9.48 Å². The molecule has 0 spiro atoms. The minimum atomic E-state index is -0.0155. The van der Waals surface area contributed by atoms with Gasteiger partial charge in [-0.2, -0.15) is 0 Å². The zero-order valence-electron chi connectivity index (χ0n) is 9.99. The molecule has 1 aliphatic heterocycles. The summed E-state index contributed by atoms with van der Waals surface area (Å²) in [5, 5.41) is 16.8.